The molecule has 1 N–H and O–H groups in total. The predicted molar refractivity (Wildman–Crippen MR) is 57.2 cm³/mol. The van der Waals surface area contributed by atoms with Crippen LogP contribution in [0, 0.1) is 16.5 Å². The topological polar surface area (TPSA) is 71.0 Å². The molecule has 1 heterocycles. The van der Waals surface area contributed by atoms with Crippen molar-refractivity contribution in [2.24, 2.45) is 0 Å². The average molecular weight is 212 g/mol. The van der Waals surface area contributed by atoms with Crippen LogP contribution in [0.5, 0.6) is 5.75 Å². The summed E-state index contributed by atoms with van der Waals surface area (Å²) in [5.74, 6) is -0.121. The van der Waals surface area contributed by atoms with Gasteiger partial charge in [0.2, 0.25) is 5.69 Å². The number of pyridine rings is 1. The molecule has 0 fully saturated rings. The number of hydrogen-bond acceptors (Lipinski definition) is 3. The third kappa shape index (κ3) is 1.55. The second-order valence-corrected chi connectivity index (χ2v) is 3.22. The maximum atomic E-state index is 11.5. The maximum absolute atomic E-state index is 11.5. The number of hydrogen-bond donors (Lipinski definition) is 1. The Hall–Kier alpha value is -2.54. The minimum atomic E-state index is -0.121. The fourth-order valence-corrected chi connectivity index (χ4v) is 1.51. The van der Waals surface area contributed by atoms with E-state index in [0.29, 0.717) is 16.0 Å². The van der Waals surface area contributed by atoms with Crippen LogP contribution in [-0.2, 0) is 0 Å². The van der Waals surface area contributed by atoms with Crippen LogP contribution in [0.3, 0.4) is 0 Å². The fraction of sp³-hybridized carbons (Fsp3) is 0. The Labute approximate surface area is 92.2 Å². The van der Waals surface area contributed by atoms with Crippen LogP contribution in [0.2, 0.25) is 0 Å². The summed E-state index contributed by atoms with van der Waals surface area (Å²) < 4.78 is 0.662. The van der Waals surface area contributed by atoms with E-state index in [1.807, 2.05) is 6.07 Å². The van der Waals surface area contributed by atoms with Crippen molar-refractivity contribution >= 4 is 0 Å². The van der Waals surface area contributed by atoms with E-state index in [1.54, 1.807) is 30.3 Å². The monoisotopic (exact) mass is 212 g/mol. The zero-order valence-electron chi connectivity index (χ0n) is 8.29. The Balaban J connectivity index is 2.71. The summed E-state index contributed by atoms with van der Waals surface area (Å²) in [6, 6.07) is 11.4. The molecule has 1 aromatic carbocycles. The lowest BCUT2D eigenvalue weighted by atomic mass is 10.0. The van der Waals surface area contributed by atoms with Crippen LogP contribution in [0.4, 0.5) is 0 Å². The van der Waals surface area contributed by atoms with E-state index in [2.05, 4.69) is 0 Å². The molecule has 2 rings (SSSR count). The first-order valence-corrected chi connectivity index (χ1v) is 4.64. The van der Waals surface area contributed by atoms with Crippen molar-refractivity contribution in [1.29, 1.82) is 5.26 Å². The quantitative estimate of drug-likeness (QED) is 0.576. The summed E-state index contributed by atoms with van der Waals surface area (Å²) in [4.78, 5) is 0. The van der Waals surface area contributed by atoms with Gasteiger partial charge < -0.3 is 10.3 Å². The molecule has 0 aliphatic carbocycles. The van der Waals surface area contributed by atoms with Gasteiger partial charge in [0.05, 0.1) is 5.56 Å². The third-order valence-electron chi connectivity index (χ3n) is 2.25. The second kappa shape index (κ2) is 3.91. The van der Waals surface area contributed by atoms with Crippen molar-refractivity contribution in [3.63, 3.8) is 0 Å². The molecule has 0 aliphatic rings. The molecule has 0 atom stereocenters. The van der Waals surface area contributed by atoms with Gasteiger partial charge in [0.1, 0.15) is 17.4 Å². The molecule has 16 heavy (non-hydrogen) atoms. The van der Waals surface area contributed by atoms with Gasteiger partial charge >= 0.3 is 0 Å². The Morgan fingerprint density at radius 2 is 2.00 bits per heavy atom. The fourth-order valence-electron chi connectivity index (χ4n) is 1.51. The largest absolute Gasteiger partial charge is 0.618 e. The predicted octanol–water partition coefficient (Wildman–Crippen LogP) is 1.56. The number of aromatic nitrogens is 1. The zero-order chi connectivity index (χ0) is 11.5. The van der Waals surface area contributed by atoms with E-state index < -0.39 is 0 Å². The van der Waals surface area contributed by atoms with Gasteiger partial charge in [0.15, 0.2) is 6.20 Å². The Bertz CT molecular complexity index is 573. The summed E-state index contributed by atoms with van der Waals surface area (Å²) >= 11 is 0. The molecular formula is C12H8N2O2. The normalized spacial score (nSPS) is 9.69. The lowest BCUT2D eigenvalue weighted by Gasteiger charge is -2.06. The van der Waals surface area contributed by atoms with Crippen LogP contribution in [-0.4, -0.2) is 5.11 Å². The summed E-state index contributed by atoms with van der Waals surface area (Å²) in [5.41, 5.74) is 0.881. The Kier molecular flexibility index (Phi) is 2.44. The van der Waals surface area contributed by atoms with E-state index in [-0.39, 0.29) is 11.3 Å². The molecule has 2 aromatic rings. The highest BCUT2D eigenvalue weighted by atomic mass is 16.5. The maximum Gasteiger partial charge on any atom is 0.225 e. The molecule has 0 spiro atoms. The van der Waals surface area contributed by atoms with E-state index >= 15 is 0 Å². The number of rotatable bonds is 1. The number of nitriles is 1. The van der Waals surface area contributed by atoms with Crippen LogP contribution >= 0.6 is 0 Å². The summed E-state index contributed by atoms with van der Waals surface area (Å²) in [5, 5.41) is 30.0. The molecule has 0 unspecified atom stereocenters. The number of nitrogens with zero attached hydrogens (tertiary/aromatic N) is 2. The minimum Gasteiger partial charge on any atom is -0.618 e. The summed E-state index contributed by atoms with van der Waals surface area (Å²) in [7, 11) is 0. The first kappa shape index (κ1) is 9.99. The van der Waals surface area contributed by atoms with Gasteiger partial charge in [-0.15, -0.1) is 0 Å². The van der Waals surface area contributed by atoms with Crippen LogP contribution in [0.25, 0.3) is 11.3 Å². The smallest absolute Gasteiger partial charge is 0.225 e. The molecule has 78 valence electrons. The molecule has 4 nitrogen and oxygen atoms in total. The van der Waals surface area contributed by atoms with Crippen molar-refractivity contribution in [3.05, 3.63) is 53.4 Å². The van der Waals surface area contributed by atoms with Gasteiger partial charge in [-0.1, -0.05) is 6.07 Å². The minimum absolute atomic E-state index is 0.110. The van der Waals surface area contributed by atoms with Crippen molar-refractivity contribution in [1.82, 2.24) is 0 Å². The first-order valence-electron chi connectivity index (χ1n) is 4.64. The van der Waals surface area contributed by atoms with Crippen molar-refractivity contribution < 1.29 is 9.84 Å². The molecule has 0 saturated heterocycles. The van der Waals surface area contributed by atoms with Crippen LogP contribution < -0.4 is 4.73 Å². The van der Waals surface area contributed by atoms with E-state index in [9.17, 15) is 10.3 Å². The molecule has 0 amide bonds. The lowest BCUT2D eigenvalue weighted by Crippen LogP contribution is -2.28. The Morgan fingerprint density at radius 3 is 2.69 bits per heavy atom. The number of benzene rings is 1. The van der Waals surface area contributed by atoms with Gasteiger partial charge in [-0.3, -0.25) is 0 Å². The first-order chi connectivity index (χ1) is 7.74. The van der Waals surface area contributed by atoms with Crippen LogP contribution in [0.15, 0.2) is 42.6 Å². The number of phenols is 1. The van der Waals surface area contributed by atoms with Gasteiger partial charge in [0, 0.05) is 12.1 Å². The lowest BCUT2D eigenvalue weighted by molar-refractivity contribution is -0.593. The highest BCUT2D eigenvalue weighted by molar-refractivity contribution is 5.69. The SMILES string of the molecule is N#Cc1c(O)cccc1-c1cccc[n+]1[O-]. The highest BCUT2D eigenvalue weighted by Crippen LogP contribution is 2.26. The van der Waals surface area contributed by atoms with Gasteiger partial charge in [0.25, 0.3) is 0 Å². The molecular weight excluding hydrogens is 204 g/mol. The number of aromatic hydroxyl groups is 1. The number of phenolic OH excluding ortho intramolecular Hbond substituents is 1. The van der Waals surface area contributed by atoms with E-state index in [4.69, 9.17) is 5.26 Å². The Morgan fingerprint density at radius 1 is 1.19 bits per heavy atom. The molecule has 0 aliphatic heterocycles. The second-order valence-electron chi connectivity index (χ2n) is 3.22. The van der Waals surface area contributed by atoms with Gasteiger partial charge in [-0.2, -0.15) is 9.99 Å². The zero-order valence-corrected chi connectivity index (χ0v) is 8.29. The highest BCUT2D eigenvalue weighted by Gasteiger charge is 2.15. The molecule has 0 saturated carbocycles. The standard InChI is InChI=1S/C12H8N2O2/c13-8-10-9(4-3-6-12(10)15)11-5-1-2-7-14(11)16/h1-7,15H. The van der Waals surface area contributed by atoms with Gasteiger partial charge in [-0.25, -0.2) is 0 Å². The molecule has 1 aromatic heterocycles. The average Bonchev–Trinajstić information content (AvgIpc) is 2.29. The van der Waals surface area contributed by atoms with Crippen molar-refractivity contribution in [2.45, 2.75) is 0 Å². The summed E-state index contributed by atoms with van der Waals surface area (Å²) in [6.07, 6.45) is 1.35. The van der Waals surface area contributed by atoms with Crippen molar-refractivity contribution in [2.75, 3.05) is 0 Å². The van der Waals surface area contributed by atoms with E-state index in [0.717, 1.165) is 0 Å². The third-order valence-corrected chi connectivity index (χ3v) is 2.25. The van der Waals surface area contributed by atoms with Crippen LogP contribution in [0.1, 0.15) is 5.56 Å². The molecule has 4 heteroatoms. The van der Waals surface area contributed by atoms with E-state index in [1.165, 1.54) is 12.3 Å². The molecule has 0 radical (unpaired) electrons. The van der Waals surface area contributed by atoms with Gasteiger partial charge in [-0.05, 0) is 18.2 Å². The van der Waals surface area contributed by atoms with Crippen molar-refractivity contribution in [3.8, 4) is 23.1 Å². The summed E-state index contributed by atoms with van der Waals surface area (Å²) in [6.45, 7) is 0. The molecule has 0 bridgehead atoms.